The summed E-state index contributed by atoms with van der Waals surface area (Å²) in [5.74, 6) is 1.10. The molecule has 2 saturated carbocycles. The second-order valence-corrected chi connectivity index (χ2v) is 6.28. The molecule has 3 unspecified atom stereocenters. The Labute approximate surface area is 94.8 Å². The van der Waals surface area contributed by atoms with Gasteiger partial charge in [0.2, 0.25) is 0 Å². The van der Waals surface area contributed by atoms with E-state index in [1.54, 1.807) is 0 Å². The van der Waals surface area contributed by atoms with E-state index >= 15 is 0 Å². The molecule has 2 aliphatic rings. The molecule has 0 N–H and O–H groups in total. The van der Waals surface area contributed by atoms with Crippen molar-refractivity contribution in [3.63, 3.8) is 0 Å². The van der Waals surface area contributed by atoms with Crippen molar-refractivity contribution in [1.29, 1.82) is 0 Å². The zero-order valence-corrected chi connectivity index (χ0v) is 10.3. The molecule has 0 aromatic heterocycles. The van der Waals surface area contributed by atoms with Gasteiger partial charge in [-0.2, -0.15) is 0 Å². The Morgan fingerprint density at radius 1 is 0.929 bits per heavy atom. The van der Waals surface area contributed by atoms with Crippen molar-refractivity contribution in [2.45, 2.75) is 62.4 Å². The van der Waals surface area contributed by atoms with Crippen molar-refractivity contribution < 1.29 is 4.39 Å². The zero-order chi connectivity index (χ0) is 9.97. The van der Waals surface area contributed by atoms with Crippen molar-refractivity contribution in [2.24, 2.45) is 11.8 Å². The molecule has 0 spiro atoms. The van der Waals surface area contributed by atoms with E-state index < -0.39 is 6.17 Å². The minimum absolute atomic E-state index is 0.393. The first-order chi connectivity index (χ1) is 6.77. The van der Waals surface area contributed by atoms with Gasteiger partial charge in [-0.1, -0.05) is 48.0 Å². The van der Waals surface area contributed by atoms with E-state index in [2.05, 4.69) is 15.9 Å². The average Bonchev–Trinajstić information content (AvgIpc) is 2.19. The maximum Gasteiger partial charge on any atom is 0.104 e. The fourth-order valence-corrected chi connectivity index (χ4v) is 3.81. The minimum Gasteiger partial charge on any atom is -0.247 e. The van der Waals surface area contributed by atoms with Crippen molar-refractivity contribution in [2.75, 3.05) is 0 Å². The van der Waals surface area contributed by atoms with Gasteiger partial charge < -0.3 is 0 Å². The summed E-state index contributed by atoms with van der Waals surface area (Å²) in [7, 11) is 0. The van der Waals surface area contributed by atoms with E-state index in [1.165, 1.54) is 38.5 Å². The van der Waals surface area contributed by atoms with Crippen LogP contribution in [0.3, 0.4) is 0 Å². The van der Waals surface area contributed by atoms with Crippen LogP contribution in [0.2, 0.25) is 0 Å². The summed E-state index contributed by atoms with van der Waals surface area (Å²) in [5.41, 5.74) is 0. The van der Waals surface area contributed by atoms with E-state index in [0.717, 1.165) is 12.8 Å². The number of halogens is 2. The average molecular weight is 263 g/mol. The third kappa shape index (κ3) is 2.50. The van der Waals surface area contributed by atoms with Gasteiger partial charge in [-0.15, -0.1) is 0 Å². The van der Waals surface area contributed by atoms with Crippen LogP contribution in [0.5, 0.6) is 0 Å². The molecule has 0 nitrogen and oxygen atoms in total. The highest BCUT2D eigenvalue weighted by molar-refractivity contribution is 9.09. The van der Waals surface area contributed by atoms with Crippen LogP contribution in [0, 0.1) is 11.8 Å². The normalized spacial score (nSPS) is 41.1. The lowest BCUT2D eigenvalue weighted by Crippen LogP contribution is -2.33. The van der Waals surface area contributed by atoms with Crippen LogP contribution in [-0.2, 0) is 0 Å². The van der Waals surface area contributed by atoms with Crippen molar-refractivity contribution in [1.82, 2.24) is 0 Å². The molecule has 0 bridgehead atoms. The molecule has 0 aliphatic heterocycles. The van der Waals surface area contributed by atoms with Crippen molar-refractivity contribution >= 4 is 15.9 Å². The largest absolute Gasteiger partial charge is 0.247 e. The fraction of sp³-hybridized carbons (Fsp3) is 1.00. The van der Waals surface area contributed by atoms with Gasteiger partial charge in [0.25, 0.3) is 0 Å². The van der Waals surface area contributed by atoms with Crippen molar-refractivity contribution in [3.05, 3.63) is 0 Å². The second kappa shape index (κ2) is 4.96. The number of hydrogen-bond donors (Lipinski definition) is 0. The summed E-state index contributed by atoms with van der Waals surface area (Å²) >= 11 is 3.54. The van der Waals surface area contributed by atoms with E-state index in [9.17, 15) is 4.39 Å². The van der Waals surface area contributed by atoms with Crippen LogP contribution in [-0.4, -0.2) is 11.0 Å². The smallest absolute Gasteiger partial charge is 0.104 e. The maximum atomic E-state index is 13.9. The number of hydrogen-bond acceptors (Lipinski definition) is 0. The summed E-state index contributed by atoms with van der Waals surface area (Å²) in [4.78, 5) is 0.442. The van der Waals surface area contributed by atoms with E-state index in [4.69, 9.17) is 0 Å². The SMILES string of the molecule is FC1CC(Br)CCC1C1CCCCC1. The summed E-state index contributed by atoms with van der Waals surface area (Å²) in [6.07, 6.45) is 9.15. The Kier molecular flexibility index (Phi) is 3.86. The van der Waals surface area contributed by atoms with E-state index in [0.29, 0.717) is 16.7 Å². The van der Waals surface area contributed by atoms with E-state index in [-0.39, 0.29) is 0 Å². The molecule has 2 fully saturated rings. The molecular formula is C12H20BrF. The first-order valence-electron chi connectivity index (χ1n) is 6.05. The molecule has 0 radical (unpaired) electrons. The third-order valence-corrected chi connectivity index (χ3v) is 4.85. The topological polar surface area (TPSA) is 0 Å². The Bertz CT molecular complexity index is 177. The van der Waals surface area contributed by atoms with Gasteiger partial charge in [0.05, 0.1) is 0 Å². The third-order valence-electron chi connectivity index (χ3n) is 4.01. The summed E-state index contributed by atoms with van der Waals surface area (Å²) in [5, 5.41) is 0. The van der Waals surface area contributed by atoms with Gasteiger partial charge >= 0.3 is 0 Å². The monoisotopic (exact) mass is 262 g/mol. The van der Waals surface area contributed by atoms with Crippen LogP contribution < -0.4 is 0 Å². The molecule has 14 heavy (non-hydrogen) atoms. The van der Waals surface area contributed by atoms with Gasteiger partial charge in [0.15, 0.2) is 0 Å². The molecule has 82 valence electrons. The summed E-state index contributed by atoms with van der Waals surface area (Å²) in [6, 6.07) is 0. The van der Waals surface area contributed by atoms with Gasteiger partial charge in [0, 0.05) is 4.83 Å². The van der Waals surface area contributed by atoms with E-state index in [1.807, 2.05) is 0 Å². The molecule has 0 saturated heterocycles. The fourth-order valence-electron chi connectivity index (χ4n) is 3.18. The molecular weight excluding hydrogens is 243 g/mol. The second-order valence-electron chi connectivity index (χ2n) is 4.99. The molecule has 3 atom stereocenters. The van der Waals surface area contributed by atoms with Gasteiger partial charge in [-0.25, -0.2) is 4.39 Å². The zero-order valence-electron chi connectivity index (χ0n) is 8.72. The Morgan fingerprint density at radius 3 is 2.29 bits per heavy atom. The molecule has 0 amide bonds. The maximum absolute atomic E-state index is 13.9. The van der Waals surface area contributed by atoms with Crippen LogP contribution in [0.4, 0.5) is 4.39 Å². The highest BCUT2D eigenvalue weighted by Gasteiger charge is 2.35. The minimum atomic E-state index is -0.531. The standard InChI is InChI=1S/C12H20BrF/c13-10-6-7-11(12(14)8-10)9-4-2-1-3-5-9/h9-12H,1-8H2. The summed E-state index contributed by atoms with van der Waals surface area (Å²) in [6.45, 7) is 0. The predicted octanol–water partition coefficient (Wildman–Crippen LogP) is 4.47. The molecule has 2 rings (SSSR count). The number of rotatable bonds is 1. The summed E-state index contributed by atoms with van der Waals surface area (Å²) < 4.78 is 13.9. The van der Waals surface area contributed by atoms with Gasteiger partial charge in [-0.05, 0) is 31.1 Å². The first kappa shape index (κ1) is 10.9. The predicted molar refractivity (Wildman–Crippen MR) is 61.5 cm³/mol. The number of alkyl halides is 2. The molecule has 2 heteroatoms. The van der Waals surface area contributed by atoms with Gasteiger partial charge in [0.1, 0.15) is 6.17 Å². The Hall–Kier alpha value is 0.410. The highest BCUT2D eigenvalue weighted by Crippen LogP contribution is 2.41. The Balaban J connectivity index is 1.89. The van der Waals surface area contributed by atoms with Crippen LogP contribution in [0.25, 0.3) is 0 Å². The lowest BCUT2D eigenvalue weighted by molar-refractivity contribution is 0.0957. The lowest BCUT2D eigenvalue weighted by atomic mass is 9.72. The molecule has 0 aromatic carbocycles. The molecule has 0 aromatic rings. The molecule has 2 aliphatic carbocycles. The first-order valence-corrected chi connectivity index (χ1v) is 6.97. The lowest BCUT2D eigenvalue weighted by Gasteiger charge is -2.36. The van der Waals surface area contributed by atoms with Gasteiger partial charge in [-0.3, -0.25) is 0 Å². The van der Waals surface area contributed by atoms with Crippen LogP contribution >= 0.6 is 15.9 Å². The van der Waals surface area contributed by atoms with Crippen LogP contribution in [0.15, 0.2) is 0 Å². The Morgan fingerprint density at radius 2 is 1.64 bits per heavy atom. The van der Waals surface area contributed by atoms with Crippen molar-refractivity contribution in [3.8, 4) is 0 Å². The van der Waals surface area contributed by atoms with Crippen LogP contribution in [0.1, 0.15) is 51.4 Å². The molecule has 0 heterocycles. The quantitative estimate of drug-likeness (QED) is 0.612. The highest BCUT2D eigenvalue weighted by atomic mass is 79.9.